The number of methoxy groups -OCH3 is 1. The van der Waals surface area contributed by atoms with Gasteiger partial charge < -0.3 is 29.7 Å². The van der Waals surface area contributed by atoms with Crippen LogP contribution >= 0.6 is 0 Å². The standard InChI is InChI=1S/C12H19NO6/c1-4-5-18-6-8-10(15)11(16)9(13-7(2)14)12(17-3)19-8/h1,8-12,15-16H,5-6H2,2-3H3,(H,13,14)/t8-,9-,10+,11-,12-/m1/s1. The number of carbonyl (C=O) groups is 1. The number of hydrogen-bond donors (Lipinski definition) is 3. The summed E-state index contributed by atoms with van der Waals surface area (Å²) >= 11 is 0. The number of carbonyl (C=O) groups excluding carboxylic acids is 1. The second-order valence-corrected chi connectivity index (χ2v) is 4.21. The summed E-state index contributed by atoms with van der Waals surface area (Å²) in [5.74, 6) is 1.93. The summed E-state index contributed by atoms with van der Waals surface area (Å²) in [6.45, 7) is 1.40. The molecule has 1 aliphatic rings. The molecule has 7 heteroatoms. The van der Waals surface area contributed by atoms with Gasteiger partial charge in [-0.1, -0.05) is 5.92 Å². The van der Waals surface area contributed by atoms with E-state index in [2.05, 4.69) is 11.2 Å². The van der Waals surface area contributed by atoms with Crippen LogP contribution in [0.15, 0.2) is 0 Å². The molecule has 0 radical (unpaired) electrons. The van der Waals surface area contributed by atoms with Gasteiger partial charge >= 0.3 is 0 Å². The SMILES string of the molecule is C#CCOC[C@H]1O[C@@H](OC)[C@H](NC(C)=O)[C@@H](O)[C@H]1O. The lowest BCUT2D eigenvalue weighted by Crippen LogP contribution is -2.64. The van der Waals surface area contributed by atoms with Crippen molar-refractivity contribution in [1.29, 1.82) is 0 Å². The fourth-order valence-corrected chi connectivity index (χ4v) is 1.89. The van der Waals surface area contributed by atoms with Crippen LogP contribution in [0.3, 0.4) is 0 Å². The minimum atomic E-state index is -1.22. The van der Waals surface area contributed by atoms with Crippen LogP contribution in [0.5, 0.6) is 0 Å². The summed E-state index contributed by atoms with van der Waals surface area (Å²) in [6, 6.07) is -0.846. The molecule has 0 aromatic heterocycles. The van der Waals surface area contributed by atoms with E-state index in [9.17, 15) is 15.0 Å². The van der Waals surface area contributed by atoms with Gasteiger partial charge in [-0.3, -0.25) is 4.79 Å². The van der Waals surface area contributed by atoms with Crippen molar-refractivity contribution in [1.82, 2.24) is 5.32 Å². The van der Waals surface area contributed by atoms with E-state index in [-0.39, 0.29) is 19.1 Å². The highest BCUT2D eigenvalue weighted by Crippen LogP contribution is 2.22. The van der Waals surface area contributed by atoms with Gasteiger partial charge in [0, 0.05) is 14.0 Å². The largest absolute Gasteiger partial charge is 0.388 e. The van der Waals surface area contributed by atoms with Crippen molar-refractivity contribution >= 4 is 5.91 Å². The van der Waals surface area contributed by atoms with E-state index in [0.29, 0.717) is 0 Å². The van der Waals surface area contributed by atoms with Crippen LogP contribution in [-0.4, -0.2) is 67.1 Å². The van der Waals surface area contributed by atoms with Crippen LogP contribution in [0.2, 0.25) is 0 Å². The zero-order valence-electron chi connectivity index (χ0n) is 10.9. The van der Waals surface area contributed by atoms with Crippen LogP contribution in [-0.2, 0) is 19.0 Å². The van der Waals surface area contributed by atoms with Crippen LogP contribution in [0, 0.1) is 12.3 Å². The third-order valence-corrected chi connectivity index (χ3v) is 2.77. The van der Waals surface area contributed by atoms with Gasteiger partial charge in [0.1, 0.15) is 31.0 Å². The Morgan fingerprint density at radius 2 is 2.16 bits per heavy atom. The van der Waals surface area contributed by atoms with Crippen molar-refractivity contribution in [3.05, 3.63) is 0 Å². The molecule has 3 N–H and O–H groups in total. The topological polar surface area (TPSA) is 97.2 Å². The molecule has 0 aromatic carbocycles. The molecule has 1 aliphatic heterocycles. The van der Waals surface area contributed by atoms with E-state index in [4.69, 9.17) is 20.6 Å². The fourth-order valence-electron chi connectivity index (χ4n) is 1.89. The summed E-state index contributed by atoms with van der Waals surface area (Å²) in [4.78, 5) is 11.1. The molecule has 0 spiro atoms. The molecule has 0 bridgehead atoms. The van der Waals surface area contributed by atoms with Gasteiger partial charge in [-0.15, -0.1) is 6.42 Å². The Kier molecular flexibility index (Phi) is 6.21. The van der Waals surface area contributed by atoms with Gasteiger partial charge in [-0.05, 0) is 0 Å². The third kappa shape index (κ3) is 4.16. The van der Waals surface area contributed by atoms with Crippen LogP contribution in [0.4, 0.5) is 0 Å². The van der Waals surface area contributed by atoms with Crippen LogP contribution in [0.1, 0.15) is 6.92 Å². The molecule has 1 heterocycles. The van der Waals surface area contributed by atoms with Crippen molar-refractivity contribution in [3.63, 3.8) is 0 Å². The van der Waals surface area contributed by atoms with Crippen molar-refractivity contribution in [2.45, 2.75) is 37.6 Å². The Bertz CT molecular complexity index is 340. The first-order valence-corrected chi connectivity index (χ1v) is 5.84. The predicted molar refractivity (Wildman–Crippen MR) is 64.9 cm³/mol. The number of rotatable bonds is 5. The molecule has 0 aliphatic carbocycles. The molecule has 108 valence electrons. The Labute approximate surface area is 111 Å². The average molecular weight is 273 g/mol. The van der Waals surface area contributed by atoms with E-state index < -0.39 is 30.6 Å². The van der Waals surface area contributed by atoms with E-state index in [1.54, 1.807) is 0 Å². The molecule has 1 fully saturated rings. The second kappa shape index (κ2) is 7.43. The van der Waals surface area contributed by atoms with Crippen molar-refractivity contribution < 1.29 is 29.2 Å². The van der Waals surface area contributed by atoms with Crippen molar-refractivity contribution in [2.75, 3.05) is 20.3 Å². The highest BCUT2D eigenvalue weighted by atomic mass is 16.7. The molecular formula is C12H19NO6. The predicted octanol–water partition coefficient (Wildman–Crippen LogP) is -1.77. The maximum Gasteiger partial charge on any atom is 0.217 e. The molecule has 1 amide bonds. The van der Waals surface area contributed by atoms with Crippen LogP contribution < -0.4 is 5.32 Å². The number of terminal acetylenes is 1. The molecule has 5 atom stereocenters. The summed E-state index contributed by atoms with van der Waals surface area (Å²) < 4.78 is 15.6. The first-order chi connectivity index (χ1) is 9.01. The molecule has 7 nitrogen and oxygen atoms in total. The van der Waals surface area contributed by atoms with E-state index >= 15 is 0 Å². The monoisotopic (exact) mass is 273 g/mol. The van der Waals surface area contributed by atoms with Crippen molar-refractivity contribution in [3.8, 4) is 12.3 Å². The maximum atomic E-state index is 11.1. The van der Waals surface area contributed by atoms with Gasteiger partial charge in [-0.2, -0.15) is 0 Å². The molecular weight excluding hydrogens is 254 g/mol. The normalized spacial score (nSPS) is 34.6. The Morgan fingerprint density at radius 1 is 1.47 bits per heavy atom. The fraction of sp³-hybridized carbons (Fsp3) is 0.750. The van der Waals surface area contributed by atoms with E-state index in [0.717, 1.165) is 0 Å². The number of nitrogens with one attached hydrogen (secondary N) is 1. The average Bonchev–Trinajstić information content (AvgIpc) is 2.37. The molecule has 1 rings (SSSR count). The minimum Gasteiger partial charge on any atom is -0.388 e. The molecule has 0 aromatic rings. The smallest absolute Gasteiger partial charge is 0.217 e. The van der Waals surface area contributed by atoms with Gasteiger partial charge in [0.05, 0.1) is 6.61 Å². The first kappa shape index (κ1) is 15.9. The summed E-state index contributed by atoms with van der Waals surface area (Å²) in [6.07, 6.45) is 0.956. The summed E-state index contributed by atoms with van der Waals surface area (Å²) in [5, 5.41) is 22.4. The quantitative estimate of drug-likeness (QED) is 0.405. The molecule has 1 saturated heterocycles. The number of aliphatic hydroxyl groups is 2. The highest BCUT2D eigenvalue weighted by molar-refractivity contribution is 5.73. The van der Waals surface area contributed by atoms with Crippen LogP contribution in [0.25, 0.3) is 0 Å². The molecule has 19 heavy (non-hydrogen) atoms. The third-order valence-electron chi connectivity index (χ3n) is 2.77. The van der Waals surface area contributed by atoms with Gasteiger partial charge in [0.15, 0.2) is 6.29 Å². The zero-order valence-corrected chi connectivity index (χ0v) is 10.9. The lowest BCUT2D eigenvalue weighted by Gasteiger charge is -2.42. The van der Waals surface area contributed by atoms with Crippen molar-refractivity contribution in [2.24, 2.45) is 0 Å². The molecule has 0 saturated carbocycles. The number of aliphatic hydroxyl groups excluding tert-OH is 2. The number of amides is 1. The molecule has 0 unspecified atom stereocenters. The maximum absolute atomic E-state index is 11.1. The Balaban J connectivity index is 2.68. The lowest BCUT2D eigenvalue weighted by atomic mass is 9.97. The Morgan fingerprint density at radius 3 is 2.68 bits per heavy atom. The number of ether oxygens (including phenoxy) is 3. The first-order valence-electron chi connectivity index (χ1n) is 5.84. The lowest BCUT2D eigenvalue weighted by molar-refractivity contribution is -0.264. The number of hydrogen-bond acceptors (Lipinski definition) is 6. The van der Waals surface area contributed by atoms with E-state index in [1.807, 2.05) is 0 Å². The van der Waals surface area contributed by atoms with Gasteiger partial charge in [0.25, 0.3) is 0 Å². The van der Waals surface area contributed by atoms with Gasteiger partial charge in [-0.25, -0.2) is 0 Å². The van der Waals surface area contributed by atoms with E-state index in [1.165, 1.54) is 14.0 Å². The summed E-state index contributed by atoms with van der Waals surface area (Å²) in [7, 11) is 1.38. The highest BCUT2D eigenvalue weighted by Gasteiger charge is 2.45. The Hall–Kier alpha value is -1.17. The summed E-state index contributed by atoms with van der Waals surface area (Å²) in [5.41, 5.74) is 0. The minimum absolute atomic E-state index is 0.0229. The van der Waals surface area contributed by atoms with Gasteiger partial charge in [0.2, 0.25) is 5.91 Å². The second-order valence-electron chi connectivity index (χ2n) is 4.21. The zero-order chi connectivity index (χ0) is 14.4.